The number of halogens is 1. The van der Waals surface area contributed by atoms with Crippen LogP contribution in [0.5, 0.6) is 11.5 Å². The molecule has 0 bridgehead atoms. The lowest BCUT2D eigenvalue weighted by molar-refractivity contribution is 0.189. The number of benzene rings is 1. The van der Waals surface area contributed by atoms with Crippen molar-refractivity contribution in [3.8, 4) is 11.5 Å². The number of ether oxygens (including phenoxy) is 1. The molecule has 0 unspecified atom stereocenters. The van der Waals surface area contributed by atoms with Gasteiger partial charge in [0.05, 0.1) is 7.11 Å². The van der Waals surface area contributed by atoms with Crippen molar-refractivity contribution in [3.63, 3.8) is 0 Å². The van der Waals surface area contributed by atoms with Crippen LogP contribution in [0.15, 0.2) is 12.1 Å². The van der Waals surface area contributed by atoms with Gasteiger partial charge in [-0.2, -0.15) is 0 Å². The number of hydrogen-bond acceptors (Lipinski definition) is 4. The van der Waals surface area contributed by atoms with E-state index < -0.39 is 0 Å². The molecule has 0 spiro atoms. The lowest BCUT2D eigenvalue weighted by atomic mass is 10.0. The maximum absolute atomic E-state index is 10.0. The molecule has 19 heavy (non-hydrogen) atoms. The van der Waals surface area contributed by atoms with Crippen LogP contribution in [0, 0.1) is 0 Å². The zero-order valence-electron chi connectivity index (χ0n) is 12.2. The summed E-state index contributed by atoms with van der Waals surface area (Å²) in [5.74, 6) is 0.540. The first-order valence-electron chi connectivity index (χ1n) is 6.21. The second kappa shape index (κ2) is 6.46. The molecule has 0 amide bonds. The van der Waals surface area contributed by atoms with E-state index in [1.165, 1.54) is 7.11 Å². The molecule has 5 heteroatoms. The minimum Gasteiger partial charge on any atom is -0.504 e. The maximum Gasteiger partial charge on any atom is 0.162 e. The fraction of sp³-hybridized carbons (Fsp3) is 0.571. The zero-order valence-corrected chi connectivity index (χ0v) is 13.0. The highest BCUT2D eigenvalue weighted by molar-refractivity contribution is 6.30. The number of rotatable bonds is 6. The molecule has 0 aromatic heterocycles. The lowest BCUT2D eigenvalue weighted by Gasteiger charge is -2.32. The normalized spacial score (nSPS) is 11.9. The molecule has 108 valence electrons. The van der Waals surface area contributed by atoms with Crippen LogP contribution in [0.4, 0.5) is 0 Å². The average Bonchev–Trinajstić information content (AvgIpc) is 2.32. The van der Waals surface area contributed by atoms with Crippen LogP contribution in [0.3, 0.4) is 0 Å². The van der Waals surface area contributed by atoms with E-state index in [2.05, 4.69) is 24.1 Å². The molecule has 1 rings (SSSR count). The van der Waals surface area contributed by atoms with Crippen molar-refractivity contribution in [2.75, 3.05) is 27.7 Å². The molecule has 0 heterocycles. The van der Waals surface area contributed by atoms with Crippen molar-refractivity contribution < 1.29 is 9.84 Å². The highest BCUT2D eigenvalue weighted by Crippen LogP contribution is 2.33. The Morgan fingerprint density at radius 2 is 2.00 bits per heavy atom. The first-order chi connectivity index (χ1) is 8.77. The summed E-state index contributed by atoms with van der Waals surface area (Å²) in [7, 11) is 5.60. The van der Waals surface area contributed by atoms with Crippen LogP contribution in [-0.2, 0) is 6.54 Å². The van der Waals surface area contributed by atoms with Gasteiger partial charge in [-0.05, 0) is 34.0 Å². The van der Waals surface area contributed by atoms with Gasteiger partial charge in [0, 0.05) is 35.3 Å². The van der Waals surface area contributed by atoms with Crippen LogP contribution in [0.2, 0.25) is 5.02 Å². The van der Waals surface area contributed by atoms with Gasteiger partial charge in [0.25, 0.3) is 0 Å². The summed E-state index contributed by atoms with van der Waals surface area (Å²) in [5.41, 5.74) is 0.775. The first kappa shape index (κ1) is 16.1. The minimum absolute atomic E-state index is 0.0400. The summed E-state index contributed by atoms with van der Waals surface area (Å²) in [5, 5.41) is 13.9. The van der Waals surface area contributed by atoms with Crippen molar-refractivity contribution in [2.24, 2.45) is 0 Å². The quantitative estimate of drug-likeness (QED) is 0.843. The van der Waals surface area contributed by atoms with Crippen LogP contribution in [-0.4, -0.2) is 43.3 Å². The Hall–Kier alpha value is -0.970. The van der Waals surface area contributed by atoms with Gasteiger partial charge in [-0.1, -0.05) is 11.6 Å². The Morgan fingerprint density at radius 1 is 1.37 bits per heavy atom. The average molecular weight is 287 g/mol. The van der Waals surface area contributed by atoms with Crippen molar-refractivity contribution in [2.45, 2.75) is 25.9 Å². The van der Waals surface area contributed by atoms with Crippen LogP contribution in [0.25, 0.3) is 0 Å². The molecular formula is C14H23ClN2O2. The summed E-state index contributed by atoms with van der Waals surface area (Å²) in [6.07, 6.45) is 0. The summed E-state index contributed by atoms with van der Waals surface area (Å²) >= 11 is 5.99. The van der Waals surface area contributed by atoms with Crippen LogP contribution >= 0.6 is 11.6 Å². The molecular weight excluding hydrogens is 264 g/mol. The van der Waals surface area contributed by atoms with Gasteiger partial charge in [-0.25, -0.2) is 0 Å². The van der Waals surface area contributed by atoms with Gasteiger partial charge in [0.1, 0.15) is 0 Å². The SMILES string of the molecule is COc1cc(Cl)cc(CNCC(C)(C)N(C)C)c1O. The van der Waals surface area contributed by atoms with E-state index in [4.69, 9.17) is 16.3 Å². The highest BCUT2D eigenvalue weighted by Gasteiger charge is 2.20. The summed E-state index contributed by atoms with van der Waals surface area (Å²) in [6, 6.07) is 3.35. The predicted molar refractivity (Wildman–Crippen MR) is 79.1 cm³/mol. The van der Waals surface area contributed by atoms with Gasteiger partial charge in [0.2, 0.25) is 0 Å². The van der Waals surface area contributed by atoms with E-state index in [0.29, 0.717) is 17.3 Å². The largest absolute Gasteiger partial charge is 0.504 e. The molecule has 4 nitrogen and oxygen atoms in total. The number of likely N-dealkylation sites (N-methyl/N-ethyl adjacent to an activating group) is 1. The molecule has 0 saturated heterocycles. The number of hydrogen-bond donors (Lipinski definition) is 2. The predicted octanol–water partition coefficient (Wildman–Crippen LogP) is 2.48. The molecule has 0 aliphatic carbocycles. The van der Waals surface area contributed by atoms with Crippen molar-refractivity contribution in [1.82, 2.24) is 10.2 Å². The highest BCUT2D eigenvalue weighted by atomic mass is 35.5. The number of phenolic OH excluding ortho intramolecular Hbond substituents is 1. The monoisotopic (exact) mass is 286 g/mol. The van der Waals surface area contributed by atoms with E-state index in [1.54, 1.807) is 12.1 Å². The molecule has 1 aromatic rings. The van der Waals surface area contributed by atoms with E-state index in [9.17, 15) is 5.11 Å². The molecule has 1 aromatic carbocycles. The molecule has 0 aliphatic heterocycles. The number of aromatic hydroxyl groups is 1. The van der Waals surface area contributed by atoms with Gasteiger partial charge >= 0.3 is 0 Å². The van der Waals surface area contributed by atoms with Gasteiger partial charge in [-0.3, -0.25) is 0 Å². The fourth-order valence-corrected chi connectivity index (χ4v) is 1.81. The van der Waals surface area contributed by atoms with Crippen molar-refractivity contribution in [1.29, 1.82) is 0 Å². The van der Waals surface area contributed by atoms with Crippen molar-refractivity contribution in [3.05, 3.63) is 22.7 Å². The second-order valence-electron chi connectivity index (χ2n) is 5.43. The molecule has 0 saturated carbocycles. The second-order valence-corrected chi connectivity index (χ2v) is 5.86. The topological polar surface area (TPSA) is 44.7 Å². The maximum atomic E-state index is 10.0. The minimum atomic E-state index is 0.0400. The van der Waals surface area contributed by atoms with Gasteiger partial charge in [-0.15, -0.1) is 0 Å². The smallest absolute Gasteiger partial charge is 0.162 e. The molecule has 0 radical (unpaired) electrons. The third-order valence-corrected chi connectivity index (χ3v) is 3.64. The van der Waals surface area contributed by atoms with Crippen LogP contribution in [0.1, 0.15) is 19.4 Å². The molecule has 2 N–H and O–H groups in total. The number of methoxy groups -OCH3 is 1. The van der Waals surface area contributed by atoms with E-state index in [0.717, 1.165) is 12.1 Å². The van der Waals surface area contributed by atoms with Crippen molar-refractivity contribution >= 4 is 11.6 Å². The number of phenols is 1. The van der Waals surface area contributed by atoms with E-state index in [1.807, 2.05) is 14.1 Å². The van der Waals surface area contributed by atoms with Gasteiger partial charge < -0.3 is 20.1 Å². The summed E-state index contributed by atoms with van der Waals surface area (Å²) < 4.78 is 5.08. The zero-order chi connectivity index (χ0) is 14.6. The Morgan fingerprint density at radius 3 is 2.53 bits per heavy atom. The summed E-state index contributed by atoms with van der Waals surface area (Å²) in [4.78, 5) is 2.15. The summed E-state index contributed by atoms with van der Waals surface area (Å²) in [6.45, 7) is 5.64. The van der Waals surface area contributed by atoms with Crippen LogP contribution < -0.4 is 10.1 Å². The molecule has 0 atom stereocenters. The third kappa shape index (κ3) is 4.27. The fourth-order valence-electron chi connectivity index (χ4n) is 1.58. The lowest BCUT2D eigenvalue weighted by Crippen LogP contribution is -2.46. The van der Waals surface area contributed by atoms with Gasteiger partial charge in [0.15, 0.2) is 11.5 Å². The molecule has 0 aliphatic rings. The number of nitrogens with zero attached hydrogens (tertiary/aromatic N) is 1. The number of nitrogens with one attached hydrogen (secondary N) is 1. The Bertz CT molecular complexity index is 434. The Kier molecular flexibility index (Phi) is 5.47. The van der Waals surface area contributed by atoms with E-state index in [-0.39, 0.29) is 11.3 Å². The Balaban J connectivity index is 2.71. The Labute approximate surface area is 120 Å². The first-order valence-corrected chi connectivity index (χ1v) is 6.59. The molecule has 0 fully saturated rings. The van der Waals surface area contributed by atoms with E-state index >= 15 is 0 Å². The standard InChI is InChI=1S/C14H23ClN2O2/c1-14(2,17(3)4)9-16-8-10-6-11(15)7-12(19-5)13(10)18/h6-7,16,18H,8-9H2,1-5H3. The third-order valence-electron chi connectivity index (χ3n) is 3.42.